The van der Waals surface area contributed by atoms with E-state index in [2.05, 4.69) is 15.7 Å². The Morgan fingerprint density at radius 2 is 1.81 bits per heavy atom. The molecule has 1 aromatic heterocycles. The second-order valence-corrected chi connectivity index (χ2v) is 8.26. The van der Waals surface area contributed by atoms with Crippen molar-refractivity contribution in [2.45, 2.75) is 26.7 Å². The number of benzene rings is 2. The SMILES string of the molecule is Cc1ccc(C(=O)Nc2cnn(-c3ccc(C(=O)NCC4CCOCC4)cc3)c2)c(C)c1. The number of hydrogen-bond acceptors (Lipinski definition) is 4. The van der Waals surface area contributed by atoms with E-state index in [1.165, 1.54) is 0 Å². The molecule has 1 saturated heterocycles. The van der Waals surface area contributed by atoms with E-state index in [0.717, 1.165) is 42.9 Å². The van der Waals surface area contributed by atoms with Gasteiger partial charge in [-0.2, -0.15) is 5.10 Å². The topological polar surface area (TPSA) is 85.2 Å². The molecule has 0 saturated carbocycles. The highest BCUT2D eigenvalue weighted by Crippen LogP contribution is 2.17. The first-order chi connectivity index (χ1) is 15.5. The van der Waals surface area contributed by atoms with Gasteiger partial charge in [0.1, 0.15) is 0 Å². The summed E-state index contributed by atoms with van der Waals surface area (Å²) >= 11 is 0. The van der Waals surface area contributed by atoms with E-state index in [0.29, 0.717) is 29.3 Å². The zero-order valence-electron chi connectivity index (χ0n) is 18.4. The summed E-state index contributed by atoms with van der Waals surface area (Å²) in [5.74, 6) is 0.233. The van der Waals surface area contributed by atoms with Gasteiger partial charge >= 0.3 is 0 Å². The highest BCUT2D eigenvalue weighted by molar-refractivity contribution is 6.05. The van der Waals surface area contributed by atoms with Crippen LogP contribution in [0.15, 0.2) is 54.9 Å². The summed E-state index contributed by atoms with van der Waals surface area (Å²) in [6, 6.07) is 13.0. The molecule has 2 heterocycles. The van der Waals surface area contributed by atoms with Crippen LogP contribution in [0.3, 0.4) is 0 Å². The molecule has 0 aliphatic carbocycles. The van der Waals surface area contributed by atoms with Crippen LogP contribution in [0.4, 0.5) is 5.69 Å². The Kier molecular flexibility index (Phi) is 6.66. The fourth-order valence-corrected chi connectivity index (χ4v) is 3.85. The average molecular weight is 433 g/mol. The van der Waals surface area contributed by atoms with Crippen LogP contribution >= 0.6 is 0 Å². The normalized spacial score (nSPS) is 14.2. The molecule has 2 amide bonds. The first-order valence-corrected chi connectivity index (χ1v) is 10.9. The Hall–Kier alpha value is -3.45. The van der Waals surface area contributed by atoms with Gasteiger partial charge in [0.05, 0.1) is 23.8 Å². The van der Waals surface area contributed by atoms with Gasteiger partial charge in [-0.05, 0) is 68.5 Å². The number of carbonyl (C=O) groups is 2. The Labute approximate surface area is 187 Å². The van der Waals surface area contributed by atoms with Gasteiger partial charge in [-0.1, -0.05) is 17.7 Å². The molecule has 0 atom stereocenters. The lowest BCUT2D eigenvalue weighted by Gasteiger charge is -2.22. The van der Waals surface area contributed by atoms with Crippen molar-refractivity contribution in [3.05, 3.63) is 77.1 Å². The number of nitrogens with zero attached hydrogens (tertiary/aromatic N) is 2. The molecule has 32 heavy (non-hydrogen) atoms. The fourth-order valence-electron chi connectivity index (χ4n) is 3.85. The molecule has 3 aromatic rings. The van der Waals surface area contributed by atoms with Crippen molar-refractivity contribution in [3.8, 4) is 5.69 Å². The number of rotatable bonds is 6. The molecular formula is C25H28N4O3. The maximum absolute atomic E-state index is 12.6. The second kappa shape index (κ2) is 9.78. The predicted octanol–water partition coefficient (Wildman–Crippen LogP) is 3.90. The fraction of sp³-hybridized carbons (Fsp3) is 0.320. The Bertz CT molecular complexity index is 1100. The second-order valence-electron chi connectivity index (χ2n) is 8.26. The van der Waals surface area contributed by atoms with Crippen LogP contribution < -0.4 is 10.6 Å². The number of aryl methyl sites for hydroxylation is 2. The van der Waals surface area contributed by atoms with E-state index < -0.39 is 0 Å². The van der Waals surface area contributed by atoms with Crippen LogP contribution in [0.1, 0.15) is 44.7 Å². The van der Waals surface area contributed by atoms with Crippen molar-refractivity contribution in [2.75, 3.05) is 25.1 Å². The minimum atomic E-state index is -0.168. The first-order valence-electron chi connectivity index (χ1n) is 10.9. The van der Waals surface area contributed by atoms with Crippen molar-refractivity contribution in [1.82, 2.24) is 15.1 Å². The van der Waals surface area contributed by atoms with Gasteiger partial charge in [0.25, 0.3) is 11.8 Å². The van der Waals surface area contributed by atoms with E-state index in [9.17, 15) is 9.59 Å². The summed E-state index contributed by atoms with van der Waals surface area (Å²) in [4.78, 5) is 25.0. The van der Waals surface area contributed by atoms with Crippen molar-refractivity contribution < 1.29 is 14.3 Å². The first kappa shape index (κ1) is 21.8. The Balaban J connectivity index is 1.36. The van der Waals surface area contributed by atoms with Crippen LogP contribution in [0.25, 0.3) is 5.69 Å². The summed E-state index contributed by atoms with van der Waals surface area (Å²) in [5.41, 5.74) is 4.70. The van der Waals surface area contributed by atoms with Crippen molar-refractivity contribution in [2.24, 2.45) is 5.92 Å². The third-order valence-corrected chi connectivity index (χ3v) is 5.75. The quantitative estimate of drug-likeness (QED) is 0.619. The van der Waals surface area contributed by atoms with E-state index >= 15 is 0 Å². The monoisotopic (exact) mass is 432 g/mol. The number of anilines is 1. The summed E-state index contributed by atoms with van der Waals surface area (Å²) in [5, 5.41) is 10.2. The van der Waals surface area contributed by atoms with Crippen LogP contribution in [0, 0.1) is 19.8 Å². The number of ether oxygens (including phenoxy) is 1. The largest absolute Gasteiger partial charge is 0.381 e. The van der Waals surface area contributed by atoms with E-state index in [-0.39, 0.29) is 11.8 Å². The Morgan fingerprint density at radius 1 is 1.06 bits per heavy atom. The van der Waals surface area contributed by atoms with Gasteiger partial charge in [-0.25, -0.2) is 4.68 Å². The van der Waals surface area contributed by atoms with Crippen molar-refractivity contribution in [3.63, 3.8) is 0 Å². The number of amides is 2. The highest BCUT2D eigenvalue weighted by atomic mass is 16.5. The van der Waals surface area contributed by atoms with Crippen LogP contribution in [0.5, 0.6) is 0 Å². The van der Waals surface area contributed by atoms with E-state index in [4.69, 9.17) is 4.74 Å². The van der Waals surface area contributed by atoms with Crippen LogP contribution in [-0.2, 0) is 4.74 Å². The third-order valence-electron chi connectivity index (χ3n) is 5.75. The lowest BCUT2D eigenvalue weighted by Crippen LogP contribution is -2.32. The summed E-state index contributed by atoms with van der Waals surface area (Å²) in [6.45, 7) is 6.14. The number of aromatic nitrogens is 2. The minimum Gasteiger partial charge on any atom is -0.381 e. The summed E-state index contributed by atoms with van der Waals surface area (Å²) in [7, 11) is 0. The standard InChI is InChI=1S/C25H28N4O3/c1-17-3-8-23(18(2)13-17)25(31)28-21-15-27-29(16-21)22-6-4-20(5-7-22)24(30)26-14-19-9-11-32-12-10-19/h3-8,13,15-16,19H,9-12,14H2,1-2H3,(H,26,30)(H,28,31). The Morgan fingerprint density at radius 3 is 2.53 bits per heavy atom. The van der Waals surface area contributed by atoms with Gasteiger partial charge in [0, 0.05) is 30.9 Å². The molecule has 4 rings (SSSR count). The van der Waals surface area contributed by atoms with Gasteiger partial charge in [-0.15, -0.1) is 0 Å². The summed E-state index contributed by atoms with van der Waals surface area (Å²) < 4.78 is 7.03. The molecule has 7 nitrogen and oxygen atoms in total. The molecule has 1 fully saturated rings. The molecule has 0 spiro atoms. The van der Waals surface area contributed by atoms with Gasteiger partial charge < -0.3 is 15.4 Å². The highest BCUT2D eigenvalue weighted by Gasteiger charge is 2.15. The predicted molar refractivity (Wildman–Crippen MR) is 123 cm³/mol. The van der Waals surface area contributed by atoms with Gasteiger partial charge in [-0.3, -0.25) is 9.59 Å². The smallest absolute Gasteiger partial charge is 0.256 e. The van der Waals surface area contributed by atoms with Crippen LogP contribution in [0.2, 0.25) is 0 Å². The molecule has 166 valence electrons. The van der Waals surface area contributed by atoms with E-state index in [1.54, 1.807) is 29.2 Å². The molecule has 0 bridgehead atoms. The molecule has 2 aromatic carbocycles. The zero-order valence-corrected chi connectivity index (χ0v) is 18.4. The summed E-state index contributed by atoms with van der Waals surface area (Å²) in [6.07, 6.45) is 5.33. The lowest BCUT2D eigenvalue weighted by molar-refractivity contribution is 0.0642. The van der Waals surface area contributed by atoms with Gasteiger partial charge in [0.15, 0.2) is 0 Å². The molecule has 0 unspecified atom stereocenters. The molecule has 1 aliphatic rings. The molecule has 0 radical (unpaired) electrons. The van der Waals surface area contributed by atoms with Crippen molar-refractivity contribution >= 4 is 17.5 Å². The molecule has 1 aliphatic heterocycles. The van der Waals surface area contributed by atoms with Gasteiger partial charge in [0.2, 0.25) is 0 Å². The van der Waals surface area contributed by atoms with Crippen molar-refractivity contribution in [1.29, 1.82) is 0 Å². The number of hydrogen-bond donors (Lipinski definition) is 2. The van der Waals surface area contributed by atoms with Crippen LogP contribution in [-0.4, -0.2) is 41.4 Å². The number of nitrogens with one attached hydrogen (secondary N) is 2. The molecule has 7 heteroatoms. The lowest BCUT2D eigenvalue weighted by atomic mass is 10.0. The minimum absolute atomic E-state index is 0.0788. The molecule has 2 N–H and O–H groups in total. The molecular weight excluding hydrogens is 404 g/mol. The average Bonchev–Trinajstić information content (AvgIpc) is 3.26. The number of carbonyl (C=O) groups excluding carboxylic acids is 2. The van der Waals surface area contributed by atoms with E-state index in [1.807, 2.05) is 44.2 Å². The third kappa shape index (κ3) is 5.23. The maximum atomic E-state index is 12.6. The zero-order chi connectivity index (χ0) is 22.5. The maximum Gasteiger partial charge on any atom is 0.256 e.